The second-order valence-electron chi connectivity index (χ2n) is 5.86. The monoisotopic (exact) mass is 274 g/mol. The van der Waals surface area contributed by atoms with Gasteiger partial charge in [-0.15, -0.1) is 0 Å². The van der Waals surface area contributed by atoms with Gasteiger partial charge in [-0.1, -0.05) is 30.7 Å². The Kier molecular flexibility index (Phi) is 5.32. The van der Waals surface area contributed by atoms with Gasteiger partial charge in [0.25, 0.3) is 0 Å². The molecule has 1 aromatic rings. The summed E-state index contributed by atoms with van der Waals surface area (Å²) >= 11 is 0. The second kappa shape index (κ2) is 7.00. The molecule has 0 N–H and O–H groups in total. The number of ketones is 1. The summed E-state index contributed by atoms with van der Waals surface area (Å²) in [5.41, 5.74) is 3.19. The van der Waals surface area contributed by atoms with Gasteiger partial charge in [0.05, 0.1) is 6.54 Å². The number of nitrogens with zero attached hydrogens (tertiary/aromatic N) is 2. The molecule has 0 atom stereocenters. The van der Waals surface area contributed by atoms with Crippen molar-refractivity contribution >= 4 is 5.78 Å². The molecular formula is C17H26N2O. The molecule has 3 nitrogen and oxygen atoms in total. The molecule has 1 aromatic carbocycles. The molecule has 1 aliphatic heterocycles. The summed E-state index contributed by atoms with van der Waals surface area (Å²) in [6.07, 6.45) is 1.21. The van der Waals surface area contributed by atoms with Crippen LogP contribution in [0.1, 0.15) is 34.8 Å². The van der Waals surface area contributed by atoms with E-state index in [0.29, 0.717) is 6.54 Å². The predicted octanol–water partition coefficient (Wildman–Crippen LogP) is 2.51. The van der Waals surface area contributed by atoms with Crippen molar-refractivity contribution in [2.75, 3.05) is 39.3 Å². The molecule has 0 bridgehead atoms. The standard InChI is InChI=1S/C17H26N2O/c1-4-7-18-8-10-19(11-9-18)13-17(20)16-6-5-14(2)12-15(16)3/h5-6,12H,4,7-11,13H2,1-3H3. The average molecular weight is 274 g/mol. The summed E-state index contributed by atoms with van der Waals surface area (Å²) < 4.78 is 0. The highest BCUT2D eigenvalue weighted by Gasteiger charge is 2.19. The lowest BCUT2D eigenvalue weighted by atomic mass is 10.0. The van der Waals surface area contributed by atoms with Gasteiger partial charge < -0.3 is 4.90 Å². The Balaban J connectivity index is 1.89. The molecule has 0 saturated carbocycles. The minimum atomic E-state index is 0.256. The summed E-state index contributed by atoms with van der Waals surface area (Å²) in [5, 5.41) is 0. The number of carbonyl (C=O) groups excluding carboxylic acids is 1. The van der Waals surface area contributed by atoms with Crippen molar-refractivity contribution in [1.82, 2.24) is 9.80 Å². The summed E-state index contributed by atoms with van der Waals surface area (Å²) in [6.45, 7) is 12.3. The maximum atomic E-state index is 12.4. The van der Waals surface area contributed by atoms with Crippen LogP contribution in [0.2, 0.25) is 0 Å². The van der Waals surface area contributed by atoms with E-state index in [9.17, 15) is 4.79 Å². The van der Waals surface area contributed by atoms with E-state index in [1.165, 1.54) is 18.5 Å². The van der Waals surface area contributed by atoms with Gasteiger partial charge >= 0.3 is 0 Å². The molecular weight excluding hydrogens is 248 g/mol. The fraction of sp³-hybridized carbons (Fsp3) is 0.588. The fourth-order valence-corrected chi connectivity index (χ4v) is 2.90. The molecule has 0 aliphatic carbocycles. The van der Waals surface area contributed by atoms with E-state index in [1.54, 1.807) is 0 Å². The van der Waals surface area contributed by atoms with E-state index in [2.05, 4.69) is 29.7 Å². The Morgan fingerprint density at radius 1 is 1.10 bits per heavy atom. The van der Waals surface area contributed by atoms with Crippen LogP contribution in [0.15, 0.2) is 18.2 Å². The minimum Gasteiger partial charge on any atom is -0.301 e. The Bertz CT molecular complexity index is 462. The molecule has 0 aromatic heterocycles. The molecule has 2 rings (SSSR count). The predicted molar refractivity (Wildman–Crippen MR) is 83.4 cm³/mol. The van der Waals surface area contributed by atoms with E-state index in [1.807, 2.05) is 19.1 Å². The SMILES string of the molecule is CCCN1CCN(CC(=O)c2ccc(C)cc2C)CC1. The molecule has 110 valence electrons. The maximum absolute atomic E-state index is 12.4. The first-order valence-electron chi connectivity index (χ1n) is 7.65. The minimum absolute atomic E-state index is 0.256. The number of benzene rings is 1. The topological polar surface area (TPSA) is 23.6 Å². The van der Waals surface area contributed by atoms with Gasteiger partial charge in [0.1, 0.15) is 0 Å². The zero-order chi connectivity index (χ0) is 14.5. The van der Waals surface area contributed by atoms with Crippen molar-refractivity contribution < 1.29 is 4.79 Å². The van der Waals surface area contributed by atoms with Crippen LogP contribution in [-0.4, -0.2) is 54.9 Å². The van der Waals surface area contributed by atoms with Gasteiger partial charge in [0, 0.05) is 31.7 Å². The fourth-order valence-electron chi connectivity index (χ4n) is 2.90. The zero-order valence-corrected chi connectivity index (χ0v) is 13.0. The Labute approximate surface area is 122 Å². The molecule has 0 amide bonds. The van der Waals surface area contributed by atoms with Crippen molar-refractivity contribution in [3.63, 3.8) is 0 Å². The number of Topliss-reactive ketones (excluding diaryl/α,β-unsaturated/α-hetero) is 1. The Hall–Kier alpha value is -1.19. The van der Waals surface area contributed by atoms with Crippen molar-refractivity contribution in [3.05, 3.63) is 34.9 Å². The number of piperazine rings is 1. The number of rotatable bonds is 5. The highest BCUT2D eigenvalue weighted by molar-refractivity contribution is 5.98. The first-order chi connectivity index (χ1) is 9.60. The second-order valence-corrected chi connectivity index (χ2v) is 5.86. The molecule has 3 heteroatoms. The molecule has 0 unspecified atom stereocenters. The van der Waals surface area contributed by atoms with Crippen LogP contribution in [0.5, 0.6) is 0 Å². The van der Waals surface area contributed by atoms with Crippen LogP contribution in [0.3, 0.4) is 0 Å². The Morgan fingerprint density at radius 3 is 2.35 bits per heavy atom. The molecule has 0 spiro atoms. The van der Waals surface area contributed by atoms with Crippen molar-refractivity contribution in [3.8, 4) is 0 Å². The third-order valence-corrected chi connectivity index (χ3v) is 4.05. The first-order valence-corrected chi connectivity index (χ1v) is 7.65. The molecule has 1 aliphatic rings. The maximum Gasteiger partial charge on any atom is 0.177 e. The molecule has 1 saturated heterocycles. The quantitative estimate of drug-likeness (QED) is 0.771. The van der Waals surface area contributed by atoms with Crippen LogP contribution >= 0.6 is 0 Å². The third kappa shape index (κ3) is 3.90. The highest BCUT2D eigenvalue weighted by Crippen LogP contribution is 2.12. The van der Waals surface area contributed by atoms with Crippen LogP contribution in [-0.2, 0) is 0 Å². The van der Waals surface area contributed by atoms with E-state index in [-0.39, 0.29) is 5.78 Å². The van der Waals surface area contributed by atoms with E-state index in [4.69, 9.17) is 0 Å². The summed E-state index contributed by atoms with van der Waals surface area (Å²) in [5.74, 6) is 0.256. The van der Waals surface area contributed by atoms with Gasteiger partial charge in [-0.25, -0.2) is 0 Å². The number of hydrogen-bond acceptors (Lipinski definition) is 3. The van der Waals surface area contributed by atoms with E-state index >= 15 is 0 Å². The lowest BCUT2D eigenvalue weighted by Gasteiger charge is -2.34. The van der Waals surface area contributed by atoms with E-state index < -0.39 is 0 Å². The molecule has 1 fully saturated rings. The molecule has 20 heavy (non-hydrogen) atoms. The Morgan fingerprint density at radius 2 is 1.75 bits per heavy atom. The van der Waals surface area contributed by atoms with Gasteiger partial charge in [-0.3, -0.25) is 9.69 Å². The summed E-state index contributed by atoms with van der Waals surface area (Å²) in [7, 11) is 0. The summed E-state index contributed by atoms with van der Waals surface area (Å²) in [6, 6.07) is 6.09. The van der Waals surface area contributed by atoms with Gasteiger partial charge in [0.2, 0.25) is 0 Å². The van der Waals surface area contributed by atoms with Crippen molar-refractivity contribution in [1.29, 1.82) is 0 Å². The molecule has 1 heterocycles. The van der Waals surface area contributed by atoms with Crippen molar-refractivity contribution in [2.45, 2.75) is 27.2 Å². The van der Waals surface area contributed by atoms with Crippen LogP contribution in [0.4, 0.5) is 0 Å². The van der Waals surface area contributed by atoms with Crippen LogP contribution < -0.4 is 0 Å². The van der Waals surface area contributed by atoms with Crippen LogP contribution in [0, 0.1) is 13.8 Å². The lowest BCUT2D eigenvalue weighted by molar-refractivity contribution is 0.0852. The number of carbonyl (C=O) groups is 1. The largest absolute Gasteiger partial charge is 0.301 e. The van der Waals surface area contributed by atoms with Gasteiger partial charge in [-0.2, -0.15) is 0 Å². The van der Waals surface area contributed by atoms with Gasteiger partial charge in [-0.05, 0) is 32.4 Å². The first kappa shape index (κ1) is 15.2. The third-order valence-electron chi connectivity index (χ3n) is 4.05. The summed E-state index contributed by atoms with van der Waals surface area (Å²) in [4.78, 5) is 17.2. The van der Waals surface area contributed by atoms with Gasteiger partial charge in [0.15, 0.2) is 5.78 Å². The smallest absolute Gasteiger partial charge is 0.177 e. The average Bonchev–Trinajstić information content (AvgIpc) is 2.41. The highest BCUT2D eigenvalue weighted by atomic mass is 16.1. The zero-order valence-electron chi connectivity index (χ0n) is 13.0. The van der Waals surface area contributed by atoms with Crippen LogP contribution in [0.25, 0.3) is 0 Å². The number of hydrogen-bond donors (Lipinski definition) is 0. The normalized spacial score (nSPS) is 17.4. The lowest BCUT2D eigenvalue weighted by Crippen LogP contribution is -2.48. The van der Waals surface area contributed by atoms with Crippen molar-refractivity contribution in [2.24, 2.45) is 0 Å². The molecule has 0 radical (unpaired) electrons. The van der Waals surface area contributed by atoms with E-state index in [0.717, 1.165) is 37.3 Å². The number of aryl methyl sites for hydroxylation is 2.